The van der Waals surface area contributed by atoms with Crippen LogP contribution in [0.2, 0.25) is 0 Å². The van der Waals surface area contributed by atoms with Crippen LogP contribution in [0.3, 0.4) is 0 Å². The number of hydrogen-bond donors (Lipinski definition) is 1. The van der Waals surface area contributed by atoms with Crippen molar-refractivity contribution in [2.24, 2.45) is 0 Å². The summed E-state index contributed by atoms with van der Waals surface area (Å²) in [5.74, 6) is 0.673. The molecule has 0 unspecified atom stereocenters. The zero-order chi connectivity index (χ0) is 21.4. The van der Waals surface area contributed by atoms with Crippen LogP contribution in [0.25, 0.3) is 10.9 Å². The third-order valence-electron chi connectivity index (χ3n) is 6.23. The molecule has 2 aliphatic heterocycles. The maximum atomic E-state index is 13.3. The molecule has 1 aromatic carbocycles. The fraction of sp³-hybridized carbons (Fsp3) is 0.545. The van der Waals surface area contributed by atoms with Crippen LogP contribution < -0.4 is 5.56 Å². The van der Waals surface area contributed by atoms with Gasteiger partial charge in [-0.1, -0.05) is 11.6 Å². The zero-order valence-electron chi connectivity index (χ0n) is 18.0. The molecule has 0 spiro atoms. The Morgan fingerprint density at radius 2 is 2.03 bits per heavy atom. The second-order valence-corrected chi connectivity index (χ2v) is 8.50. The summed E-state index contributed by atoms with van der Waals surface area (Å²) < 4.78 is 13.2. The molecular weight excluding hydrogens is 396 g/mol. The first-order chi connectivity index (χ1) is 15.1. The normalized spacial score (nSPS) is 21.0. The van der Waals surface area contributed by atoms with E-state index in [1.165, 1.54) is 0 Å². The summed E-state index contributed by atoms with van der Waals surface area (Å²) in [5.41, 5.74) is 3.64. The van der Waals surface area contributed by atoms with E-state index in [0.29, 0.717) is 44.2 Å². The standard InChI is InChI=1S/C22H28N6O3/c1-14-10-15(2)19-16(11-14)12-18(22(29)23-19)20(27-5-8-30-9-6-27)21-24-25-26-28(21)13-17-4-3-7-31-17/h10-12,17,20H,3-9,13H2,1-2H3,(H,23,29)/t17-,20-/m1/s1. The predicted molar refractivity (Wildman–Crippen MR) is 115 cm³/mol. The maximum Gasteiger partial charge on any atom is 0.253 e. The number of benzene rings is 1. The Kier molecular flexibility index (Phi) is 5.56. The van der Waals surface area contributed by atoms with Crippen molar-refractivity contribution < 1.29 is 9.47 Å². The van der Waals surface area contributed by atoms with Crippen molar-refractivity contribution in [3.8, 4) is 0 Å². The molecule has 3 aromatic rings. The number of ether oxygens (including phenoxy) is 2. The molecule has 164 valence electrons. The van der Waals surface area contributed by atoms with Crippen LogP contribution in [0.4, 0.5) is 0 Å². The Morgan fingerprint density at radius 3 is 2.81 bits per heavy atom. The lowest BCUT2D eigenvalue weighted by Gasteiger charge is -2.33. The first-order valence-corrected chi connectivity index (χ1v) is 10.9. The van der Waals surface area contributed by atoms with Crippen molar-refractivity contribution in [3.05, 3.63) is 51.1 Å². The monoisotopic (exact) mass is 424 g/mol. The van der Waals surface area contributed by atoms with Crippen molar-refractivity contribution in [3.63, 3.8) is 0 Å². The number of nitrogens with zero attached hydrogens (tertiary/aromatic N) is 5. The first-order valence-electron chi connectivity index (χ1n) is 10.9. The van der Waals surface area contributed by atoms with Crippen molar-refractivity contribution in [1.29, 1.82) is 0 Å². The van der Waals surface area contributed by atoms with Crippen LogP contribution in [-0.2, 0) is 16.0 Å². The number of morpholine rings is 1. The number of aromatic amines is 1. The van der Waals surface area contributed by atoms with E-state index in [1.54, 1.807) is 4.68 Å². The molecule has 9 nitrogen and oxygen atoms in total. The summed E-state index contributed by atoms with van der Waals surface area (Å²) in [5, 5.41) is 13.6. The van der Waals surface area contributed by atoms with Gasteiger partial charge in [-0.15, -0.1) is 5.10 Å². The minimum absolute atomic E-state index is 0.104. The quantitative estimate of drug-likeness (QED) is 0.666. The van der Waals surface area contributed by atoms with Gasteiger partial charge >= 0.3 is 0 Å². The first kappa shape index (κ1) is 20.3. The second kappa shape index (κ2) is 8.49. The van der Waals surface area contributed by atoms with E-state index in [9.17, 15) is 4.79 Å². The maximum absolute atomic E-state index is 13.3. The highest BCUT2D eigenvalue weighted by Gasteiger charge is 2.32. The van der Waals surface area contributed by atoms with E-state index in [1.807, 2.05) is 13.0 Å². The van der Waals surface area contributed by atoms with Crippen molar-refractivity contribution in [2.45, 2.75) is 45.4 Å². The molecule has 0 aliphatic carbocycles. The lowest BCUT2D eigenvalue weighted by Crippen LogP contribution is -2.42. The molecule has 9 heteroatoms. The highest BCUT2D eigenvalue weighted by Crippen LogP contribution is 2.29. The van der Waals surface area contributed by atoms with Crippen molar-refractivity contribution in [1.82, 2.24) is 30.1 Å². The summed E-state index contributed by atoms with van der Waals surface area (Å²) in [6.07, 6.45) is 2.15. The summed E-state index contributed by atoms with van der Waals surface area (Å²) >= 11 is 0. The number of fused-ring (bicyclic) bond motifs is 1. The van der Waals surface area contributed by atoms with Gasteiger partial charge in [0.1, 0.15) is 6.04 Å². The number of aromatic nitrogens is 5. The molecule has 2 atom stereocenters. The molecule has 4 heterocycles. The lowest BCUT2D eigenvalue weighted by molar-refractivity contribution is 0.0205. The highest BCUT2D eigenvalue weighted by atomic mass is 16.5. The van der Waals surface area contributed by atoms with Crippen LogP contribution in [0.15, 0.2) is 23.0 Å². The number of H-pyrrole nitrogens is 1. The van der Waals surface area contributed by atoms with Gasteiger partial charge in [-0.2, -0.15) is 0 Å². The number of pyridine rings is 1. The molecule has 0 bridgehead atoms. The van der Waals surface area contributed by atoms with Gasteiger partial charge in [0.15, 0.2) is 5.82 Å². The predicted octanol–water partition coefficient (Wildman–Crippen LogP) is 1.73. The summed E-state index contributed by atoms with van der Waals surface area (Å²) in [6.45, 7) is 8.11. The van der Waals surface area contributed by atoms with E-state index < -0.39 is 0 Å². The third kappa shape index (κ3) is 4.00. The van der Waals surface area contributed by atoms with Crippen LogP contribution >= 0.6 is 0 Å². The van der Waals surface area contributed by atoms with Crippen LogP contribution in [0.5, 0.6) is 0 Å². The van der Waals surface area contributed by atoms with E-state index >= 15 is 0 Å². The van der Waals surface area contributed by atoms with Crippen LogP contribution in [0, 0.1) is 13.8 Å². The van der Waals surface area contributed by atoms with Gasteiger partial charge < -0.3 is 14.5 Å². The summed E-state index contributed by atoms with van der Waals surface area (Å²) in [4.78, 5) is 18.6. The van der Waals surface area contributed by atoms with Crippen molar-refractivity contribution in [2.75, 3.05) is 32.9 Å². The van der Waals surface area contributed by atoms with Gasteiger partial charge in [0, 0.05) is 25.3 Å². The molecular formula is C22H28N6O3. The number of tetrazole rings is 1. The largest absolute Gasteiger partial charge is 0.379 e. The van der Waals surface area contributed by atoms with Gasteiger partial charge in [-0.25, -0.2) is 4.68 Å². The number of rotatable bonds is 5. The van der Waals surface area contributed by atoms with E-state index in [-0.39, 0.29) is 17.7 Å². The molecule has 2 aromatic heterocycles. The molecule has 2 aliphatic rings. The Balaban J connectivity index is 1.62. The molecule has 31 heavy (non-hydrogen) atoms. The van der Waals surface area contributed by atoms with Gasteiger partial charge in [0.2, 0.25) is 0 Å². The molecule has 0 radical (unpaired) electrons. The Morgan fingerprint density at radius 1 is 1.19 bits per heavy atom. The fourth-order valence-electron chi connectivity index (χ4n) is 4.76. The second-order valence-electron chi connectivity index (χ2n) is 8.50. The molecule has 0 amide bonds. The molecule has 1 N–H and O–H groups in total. The van der Waals surface area contributed by atoms with E-state index in [4.69, 9.17) is 9.47 Å². The Hall–Kier alpha value is -2.62. The molecule has 2 fully saturated rings. The third-order valence-corrected chi connectivity index (χ3v) is 6.23. The summed E-state index contributed by atoms with van der Waals surface area (Å²) in [7, 11) is 0. The number of aryl methyl sites for hydroxylation is 2. The minimum Gasteiger partial charge on any atom is -0.379 e. The molecule has 5 rings (SSSR count). The topological polar surface area (TPSA) is 98.2 Å². The van der Waals surface area contributed by atoms with Crippen LogP contribution in [0.1, 0.15) is 41.4 Å². The van der Waals surface area contributed by atoms with Gasteiger partial charge in [0.25, 0.3) is 5.56 Å². The molecule has 2 saturated heterocycles. The highest BCUT2D eigenvalue weighted by molar-refractivity contribution is 5.83. The smallest absolute Gasteiger partial charge is 0.253 e. The Bertz CT molecular complexity index is 1130. The van der Waals surface area contributed by atoms with Gasteiger partial charge in [-0.3, -0.25) is 9.69 Å². The van der Waals surface area contributed by atoms with E-state index in [0.717, 1.165) is 41.5 Å². The summed E-state index contributed by atoms with van der Waals surface area (Å²) in [6, 6.07) is 5.83. The number of hydrogen-bond acceptors (Lipinski definition) is 7. The van der Waals surface area contributed by atoms with Crippen LogP contribution in [-0.4, -0.2) is 69.1 Å². The average Bonchev–Trinajstić information content (AvgIpc) is 3.43. The minimum atomic E-state index is -0.353. The SMILES string of the molecule is Cc1cc(C)c2[nH]c(=O)c([C@H](c3nnnn3C[C@H]3CCCO3)N3CCOCC3)cc2c1. The zero-order valence-corrected chi connectivity index (χ0v) is 18.0. The Labute approximate surface area is 180 Å². The fourth-order valence-corrected chi connectivity index (χ4v) is 4.76. The lowest BCUT2D eigenvalue weighted by atomic mass is 10.0. The van der Waals surface area contributed by atoms with Gasteiger partial charge in [0.05, 0.1) is 31.4 Å². The molecule has 0 saturated carbocycles. The average molecular weight is 425 g/mol. The van der Waals surface area contributed by atoms with Gasteiger partial charge in [-0.05, 0) is 60.2 Å². The van der Waals surface area contributed by atoms with Crippen molar-refractivity contribution >= 4 is 10.9 Å². The van der Waals surface area contributed by atoms with E-state index in [2.05, 4.69) is 44.5 Å². The number of nitrogens with one attached hydrogen (secondary N) is 1.